The molecule has 15 aromatic carbocycles. The van der Waals surface area contributed by atoms with Crippen molar-refractivity contribution < 1.29 is 0 Å². The Bertz CT molecular complexity index is 6640. The highest BCUT2D eigenvalue weighted by molar-refractivity contribution is 7.18. The van der Waals surface area contributed by atoms with Gasteiger partial charge in [-0.25, -0.2) is 15.0 Å². The van der Waals surface area contributed by atoms with Crippen LogP contribution in [0.3, 0.4) is 0 Å². The number of fused-ring (bicyclic) bond motifs is 6. The average molecular weight is 1470 g/mol. The molecule has 0 radical (unpaired) electrons. The first-order valence-electron chi connectivity index (χ1n) is 38.0. The molecular formula is C102H68N10S. The van der Waals surface area contributed by atoms with E-state index in [2.05, 4.69) is 422 Å². The van der Waals surface area contributed by atoms with Gasteiger partial charge in [-0.3, -0.25) is 18.7 Å². The van der Waals surface area contributed by atoms with E-state index >= 15 is 0 Å². The number of rotatable bonds is 11. The van der Waals surface area contributed by atoms with Crippen LogP contribution in [0.15, 0.2) is 413 Å². The zero-order valence-electron chi connectivity index (χ0n) is 61.1. The molecule has 10 nitrogen and oxygen atoms in total. The molecule has 20 aromatic rings. The number of aromatic nitrogens is 7. The molecule has 532 valence electrons. The van der Waals surface area contributed by atoms with Crippen molar-refractivity contribution in [1.82, 2.24) is 33.6 Å². The van der Waals surface area contributed by atoms with E-state index in [0.717, 1.165) is 147 Å². The lowest BCUT2D eigenvalue weighted by Crippen LogP contribution is -2.18. The van der Waals surface area contributed by atoms with E-state index in [1.165, 1.54) is 43.1 Å². The highest BCUT2D eigenvalue weighted by atomic mass is 32.1. The van der Waals surface area contributed by atoms with Crippen LogP contribution in [-0.2, 0) is 0 Å². The molecule has 0 saturated carbocycles. The first-order chi connectivity index (χ1) is 56.1. The minimum Gasteiger partial charge on any atom is -0.306 e. The van der Waals surface area contributed by atoms with Gasteiger partial charge in [0, 0.05) is 55.9 Å². The van der Waals surface area contributed by atoms with Crippen molar-refractivity contribution in [3.63, 3.8) is 0 Å². The summed E-state index contributed by atoms with van der Waals surface area (Å²) in [5.41, 5.74) is 32.7. The van der Waals surface area contributed by atoms with Crippen LogP contribution >= 0.6 is 11.3 Å². The number of benzene rings is 15. The van der Waals surface area contributed by atoms with Crippen LogP contribution in [0.4, 0.5) is 51.2 Å². The van der Waals surface area contributed by atoms with Gasteiger partial charge in [-0.05, 0) is 178 Å². The van der Waals surface area contributed by atoms with Crippen molar-refractivity contribution in [1.29, 1.82) is 0 Å². The van der Waals surface area contributed by atoms with Gasteiger partial charge in [-0.1, -0.05) is 267 Å². The second-order valence-electron chi connectivity index (χ2n) is 28.2. The average Bonchev–Trinajstić information content (AvgIpc) is 1.63. The molecule has 0 fully saturated rings. The van der Waals surface area contributed by atoms with Crippen molar-refractivity contribution in [2.75, 3.05) is 14.7 Å². The predicted octanol–water partition coefficient (Wildman–Crippen LogP) is 27.2. The summed E-state index contributed by atoms with van der Waals surface area (Å²) >= 11 is 1.83. The minimum absolute atomic E-state index is 0.952. The summed E-state index contributed by atoms with van der Waals surface area (Å²) in [6.07, 6.45) is 3.68. The lowest BCUT2D eigenvalue weighted by molar-refractivity contribution is 1.06. The number of thiophene rings is 1. The number of pyridine rings is 1. The third-order valence-corrected chi connectivity index (χ3v) is 22.7. The number of imidazole rings is 3. The van der Waals surface area contributed by atoms with Gasteiger partial charge in [-0.15, -0.1) is 11.3 Å². The summed E-state index contributed by atoms with van der Waals surface area (Å²) in [5, 5.41) is 0. The second kappa shape index (κ2) is 28.2. The molecule has 0 saturated heterocycles. The van der Waals surface area contributed by atoms with Gasteiger partial charge < -0.3 is 14.7 Å². The van der Waals surface area contributed by atoms with Crippen molar-refractivity contribution in [2.45, 2.75) is 0 Å². The lowest BCUT2D eigenvalue weighted by Gasteiger charge is -2.33. The Morgan fingerprint density at radius 1 is 0.186 bits per heavy atom. The summed E-state index contributed by atoms with van der Waals surface area (Å²) in [6, 6.07) is 141. The topological polar surface area (TPSA) is 76.1 Å². The first kappa shape index (κ1) is 66.2. The zero-order chi connectivity index (χ0) is 74.7. The molecule has 5 aromatic heterocycles. The maximum Gasteiger partial charge on any atom is 0.145 e. The van der Waals surface area contributed by atoms with Crippen molar-refractivity contribution >= 4 is 95.6 Å². The fourth-order valence-electron chi connectivity index (χ4n) is 16.3. The molecular weight excluding hydrogens is 1400 g/mol. The van der Waals surface area contributed by atoms with Crippen molar-refractivity contribution in [3.05, 3.63) is 413 Å². The molecule has 8 heterocycles. The van der Waals surface area contributed by atoms with Crippen LogP contribution in [0.1, 0.15) is 0 Å². The maximum absolute atomic E-state index is 5.16. The monoisotopic (exact) mass is 1460 g/mol. The molecule has 3 aliphatic heterocycles. The van der Waals surface area contributed by atoms with Crippen molar-refractivity contribution in [2.24, 2.45) is 0 Å². The standard InChI is InChI=1S/C41H27N3S.C31H21N3.C30H20N4/c1-4-11-29(12-5-1)38-25-26-39(45-38)30-21-19-28(20-22-30)32-23-24-35-37(27-32)43(33-15-8-3-9-16-33)36-18-10-17-34-40(36)44(35)41(42-34)31-13-6-2-7-14-31;1-4-11-22(12-5-1)24-19-20-27-29(21-24)33(25-15-8-3-9-16-25)28-18-10-17-26-30(28)34(27)31(32-26)23-13-6-2-7-14-23;1-3-8-22(9-4-1)30-32-25-12-7-13-27-29(25)34(30)26-15-14-23(21-16-18-31-19-17-21)20-28(26)33(27)24-10-5-2-6-11-24/h1-27H;1-21H;1-20H. The Kier molecular flexibility index (Phi) is 16.5. The Labute approximate surface area is 657 Å². The fraction of sp³-hybridized carbons (Fsp3) is 0. The van der Waals surface area contributed by atoms with Crippen LogP contribution in [-0.4, -0.2) is 33.6 Å². The Morgan fingerprint density at radius 2 is 0.451 bits per heavy atom. The van der Waals surface area contributed by atoms with Crippen LogP contribution in [0.25, 0.3) is 139 Å². The lowest BCUT2D eigenvalue weighted by atomic mass is 10.00. The van der Waals surface area contributed by atoms with Crippen LogP contribution in [0.2, 0.25) is 0 Å². The Hall–Kier alpha value is -15.0. The van der Waals surface area contributed by atoms with E-state index in [-0.39, 0.29) is 0 Å². The molecule has 0 bridgehead atoms. The van der Waals surface area contributed by atoms with Crippen LogP contribution in [0, 0.1) is 0 Å². The van der Waals surface area contributed by atoms with E-state index in [0.29, 0.717) is 0 Å². The number of hydrogen-bond acceptors (Lipinski definition) is 8. The number of nitrogens with zero attached hydrogens (tertiary/aromatic N) is 10. The molecule has 0 aliphatic carbocycles. The first-order valence-corrected chi connectivity index (χ1v) is 38.8. The van der Waals surface area contributed by atoms with E-state index < -0.39 is 0 Å². The molecule has 0 spiro atoms. The van der Waals surface area contributed by atoms with E-state index in [9.17, 15) is 0 Å². The van der Waals surface area contributed by atoms with E-state index in [1.54, 1.807) is 0 Å². The highest BCUT2D eigenvalue weighted by Gasteiger charge is 2.34. The molecule has 11 heteroatoms. The zero-order valence-corrected chi connectivity index (χ0v) is 62.0. The van der Waals surface area contributed by atoms with Gasteiger partial charge in [0.05, 0.1) is 84.3 Å². The van der Waals surface area contributed by atoms with Crippen LogP contribution in [0.5, 0.6) is 0 Å². The Balaban J connectivity index is 0.000000108. The third kappa shape index (κ3) is 11.7. The fourth-order valence-corrected chi connectivity index (χ4v) is 17.4. The molecule has 113 heavy (non-hydrogen) atoms. The SMILES string of the molecule is c1ccc(-c2ccc(-c3ccc(-c4ccc5c(c4)N(c4ccccc4)c4cccc6nc(-c7ccccc7)n-5c46)cc3)s2)cc1.c1ccc(-c2ccc3c(c2)N(c2ccccc2)c2cccc4nc(-c5ccccc5)n-3c24)cc1.c1ccc(-c2nc3cccc4c3n2-c2ccc(-c3ccncc3)cc2N4c2ccccc2)cc1. The highest BCUT2D eigenvalue weighted by Crippen LogP contribution is 2.54. The molecule has 0 N–H and O–H groups in total. The van der Waals surface area contributed by atoms with Gasteiger partial charge in [0.25, 0.3) is 0 Å². The largest absolute Gasteiger partial charge is 0.306 e. The number of para-hydroxylation sites is 6. The number of hydrogen-bond donors (Lipinski definition) is 0. The summed E-state index contributed by atoms with van der Waals surface area (Å²) in [5.74, 6) is 2.87. The maximum atomic E-state index is 5.16. The normalized spacial score (nSPS) is 12.0. The van der Waals surface area contributed by atoms with Gasteiger partial charge >= 0.3 is 0 Å². The molecule has 0 atom stereocenters. The molecule has 0 unspecified atom stereocenters. The van der Waals surface area contributed by atoms with Crippen molar-refractivity contribution in [3.8, 4) is 105 Å². The quantitative estimate of drug-likeness (QED) is 0.128. The van der Waals surface area contributed by atoms with Gasteiger partial charge in [-0.2, -0.15) is 0 Å². The summed E-state index contributed by atoms with van der Waals surface area (Å²) in [4.78, 5) is 29.2. The number of anilines is 9. The van der Waals surface area contributed by atoms with Gasteiger partial charge in [0.15, 0.2) is 0 Å². The Morgan fingerprint density at radius 3 is 0.788 bits per heavy atom. The van der Waals surface area contributed by atoms with Crippen LogP contribution < -0.4 is 14.7 Å². The summed E-state index contributed by atoms with van der Waals surface area (Å²) in [7, 11) is 0. The van der Waals surface area contributed by atoms with Gasteiger partial charge in [0.2, 0.25) is 0 Å². The molecule has 0 amide bonds. The smallest absolute Gasteiger partial charge is 0.145 e. The van der Waals surface area contributed by atoms with Gasteiger partial charge in [0.1, 0.15) is 17.5 Å². The minimum atomic E-state index is 0.952. The third-order valence-electron chi connectivity index (χ3n) is 21.5. The molecule has 23 rings (SSSR count). The van der Waals surface area contributed by atoms with E-state index in [1.807, 2.05) is 35.9 Å². The predicted molar refractivity (Wildman–Crippen MR) is 467 cm³/mol. The second-order valence-corrected chi connectivity index (χ2v) is 29.3. The molecule has 3 aliphatic rings. The summed E-state index contributed by atoms with van der Waals surface area (Å²) < 4.78 is 6.97. The summed E-state index contributed by atoms with van der Waals surface area (Å²) in [6.45, 7) is 0. The van der Waals surface area contributed by atoms with E-state index in [4.69, 9.17) is 15.0 Å².